The van der Waals surface area contributed by atoms with Gasteiger partial charge in [0.25, 0.3) is 0 Å². The molecule has 0 atom stereocenters. The average molecular weight is 385 g/mol. The van der Waals surface area contributed by atoms with E-state index >= 15 is 0 Å². The van der Waals surface area contributed by atoms with Crippen molar-refractivity contribution in [3.8, 4) is 22.7 Å². The van der Waals surface area contributed by atoms with Gasteiger partial charge in [0.05, 0.1) is 24.2 Å². The maximum absolute atomic E-state index is 5.39. The molecule has 2 heterocycles. The van der Waals surface area contributed by atoms with Gasteiger partial charge >= 0.3 is 0 Å². The summed E-state index contributed by atoms with van der Waals surface area (Å²) in [4.78, 5) is 8.43. The molecule has 2 aromatic heterocycles. The van der Waals surface area contributed by atoms with Crippen LogP contribution in [0.4, 0.5) is 0 Å². The van der Waals surface area contributed by atoms with E-state index < -0.39 is 0 Å². The lowest BCUT2D eigenvalue weighted by Gasteiger charge is -2.06. The van der Waals surface area contributed by atoms with Crippen molar-refractivity contribution in [3.63, 3.8) is 0 Å². The lowest BCUT2D eigenvalue weighted by molar-refractivity contribution is 0.415. The van der Waals surface area contributed by atoms with Crippen molar-refractivity contribution in [2.45, 2.75) is 13.0 Å². The maximum Gasteiger partial charge on any atom is 0.119 e. The molecule has 0 aliphatic heterocycles. The standard InChI is InChI=1S/C23H23N5O/c1-29-22-9-5-6-18(14-22)23-19(15-24-11-10-20-16-25-12-13-26-20)17-28(27-23)21-7-3-2-4-8-21/h2-9,12-14,16-17,24H,10-11,15H2,1H3. The Morgan fingerprint density at radius 1 is 1.03 bits per heavy atom. The van der Waals surface area contributed by atoms with Crippen molar-refractivity contribution >= 4 is 0 Å². The topological polar surface area (TPSA) is 64.9 Å². The molecule has 6 heteroatoms. The Hall–Kier alpha value is -3.51. The molecule has 4 rings (SSSR count). The van der Waals surface area contributed by atoms with Gasteiger partial charge in [0.15, 0.2) is 0 Å². The number of nitrogens with zero attached hydrogens (tertiary/aromatic N) is 4. The number of hydrogen-bond acceptors (Lipinski definition) is 5. The highest BCUT2D eigenvalue weighted by Gasteiger charge is 2.13. The summed E-state index contributed by atoms with van der Waals surface area (Å²) in [5, 5.41) is 8.36. The van der Waals surface area contributed by atoms with Crippen LogP contribution >= 0.6 is 0 Å². The van der Waals surface area contributed by atoms with Crippen molar-refractivity contribution in [2.24, 2.45) is 0 Å². The van der Waals surface area contributed by atoms with Crippen LogP contribution in [0.25, 0.3) is 16.9 Å². The van der Waals surface area contributed by atoms with Gasteiger partial charge in [-0.25, -0.2) is 4.68 Å². The molecule has 146 valence electrons. The van der Waals surface area contributed by atoms with E-state index in [0.29, 0.717) is 6.54 Å². The van der Waals surface area contributed by atoms with Crippen LogP contribution in [0, 0.1) is 0 Å². The Morgan fingerprint density at radius 3 is 2.72 bits per heavy atom. The molecule has 4 aromatic rings. The molecule has 6 nitrogen and oxygen atoms in total. The lowest BCUT2D eigenvalue weighted by Crippen LogP contribution is -2.17. The van der Waals surface area contributed by atoms with Gasteiger partial charge in [0.2, 0.25) is 0 Å². The molecule has 0 amide bonds. The summed E-state index contributed by atoms with van der Waals surface area (Å²) < 4.78 is 7.32. The van der Waals surface area contributed by atoms with Crippen molar-refractivity contribution in [2.75, 3.05) is 13.7 Å². The Morgan fingerprint density at radius 2 is 1.93 bits per heavy atom. The number of ether oxygens (including phenoxy) is 1. The van der Waals surface area contributed by atoms with Crippen LogP contribution in [0.5, 0.6) is 5.75 Å². The molecule has 0 fully saturated rings. The first-order valence-electron chi connectivity index (χ1n) is 9.57. The normalized spacial score (nSPS) is 10.8. The van der Waals surface area contributed by atoms with Gasteiger partial charge in [-0.1, -0.05) is 30.3 Å². The van der Waals surface area contributed by atoms with Crippen LogP contribution in [0.15, 0.2) is 79.4 Å². The first kappa shape index (κ1) is 18.8. The van der Waals surface area contributed by atoms with Gasteiger partial charge < -0.3 is 10.1 Å². The van der Waals surface area contributed by atoms with Gasteiger partial charge in [-0.3, -0.25) is 9.97 Å². The third-order valence-electron chi connectivity index (χ3n) is 4.64. The van der Waals surface area contributed by atoms with E-state index in [1.807, 2.05) is 53.2 Å². The van der Waals surface area contributed by atoms with E-state index in [-0.39, 0.29) is 0 Å². The maximum atomic E-state index is 5.39. The first-order valence-corrected chi connectivity index (χ1v) is 9.57. The summed E-state index contributed by atoms with van der Waals surface area (Å²) in [6, 6.07) is 18.1. The largest absolute Gasteiger partial charge is 0.497 e. The number of aromatic nitrogens is 4. The number of para-hydroxylation sites is 1. The van der Waals surface area contributed by atoms with Gasteiger partial charge in [-0.05, 0) is 24.3 Å². The fourth-order valence-corrected chi connectivity index (χ4v) is 3.16. The van der Waals surface area contributed by atoms with Gasteiger partial charge in [-0.15, -0.1) is 0 Å². The predicted molar refractivity (Wildman–Crippen MR) is 113 cm³/mol. The number of methoxy groups -OCH3 is 1. The Labute approximate surface area is 170 Å². The third-order valence-corrected chi connectivity index (χ3v) is 4.64. The SMILES string of the molecule is COc1cccc(-c2nn(-c3ccccc3)cc2CNCCc2cnccn2)c1. The zero-order chi connectivity index (χ0) is 19.9. The Balaban J connectivity index is 1.56. The molecule has 2 aromatic carbocycles. The second kappa shape index (κ2) is 9.12. The van der Waals surface area contributed by atoms with E-state index in [1.165, 1.54) is 0 Å². The molecule has 0 aliphatic carbocycles. The first-order chi connectivity index (χ1) is 14.3. The summed E-state index contributed by atoms with van der Waals surface area (Å²) in [6.45, 7) is 1.52. The summed E-state index contributed by atoms with van der Waals surface area (Å²) in [6.07, 6.45) is 8.13. The fraction of sp³-hybridized carbons (Fsp3) is 0.174. The molecular formula is C23H23N5O. The molecule has 0 spiro atoms. The minimum Gasteiger partial charge on any atom is -0.497 e. The molecule has 0 radical (unpaired) electrons. The Bertz CT molecular complexity index is 1050. The van der Waals surface area contributed by atoms with E-state index in [0.717, 1.165) is 46.9 Å². The predicted octanol–water partition coefficient (Wildman–Crippen LogP) is 3.67. The van der Waals surface area contributed by atoms with Crippen molar-refractivity contribution in [1.29, 1.82) is 0 Å². The zero-order valence-corrected chi connectivity index (χ0v) is 16.3. The minimum absolute atomic E-state index is 0.708. The van der Waals surface area contributed by atoms with Crippen LogP contribution < -0.4 is 10.1 Å². The van der Waals surface area contributed by atoms with Crippen LogP contribution in [0.2, 0.25) is 0 Å². The number of hydrogen-bond donors (Lipinski definition) is 1. The fourth-order valence-electron chi connectivity index (χ4n) is 3.16. The van der Waals surface area contributed by atoms with Gasteiger partial charge in [0, 0.05) is 55.4 Å². The molecular weight excluding hydrogens is 362 g/mol. The summed E-state index contributed by atoms with van der Waals surface area (Å²) >= 11 is 0. The molecule has 0 saturated heterocycles. The highest BCUT2D eigenvalue weighted by molar-refractivity contribution is 5.65. The van der Waals surface area contributed by atoms with E-state index in [1.54, 1.807) is 25.7 Å². The van der Waals surface area contributed by atoms with Crippen molar-refractivity contribution in [1.82, 2.24) is 25.1 Å². The summed E-state index contributed by atoms with van der Waals surface area (Å²) in [5.41, 5.74) is 5.11. The van der Waals surface area contributed by atoms with E-state index in [9.17, 15) is 0 Å². The van der Waals surface area contributed by atoms with Crippen LogP contribution in [-0.4, -0.2) is 33.4 Å². The minimum atomic E-state index is 0.708. The van der Waals surface area contributed by atoms with Crippen molar-refractivity contribution < 1.29 is 4.74 Å². The quantitative estimate of drug-likeness (QED) is 0.469. The summed E-state index contributed by atoms with van der Waals surface area (Å²) in [5.74, 6) is 0.818. The van der Waals surface area contributed by atoms with Gasteiger partial charge in [0.1, 0.15) is 5.75 Å². The lowest BCUT2D eigenvalue weighted by atomic mass is 10.1. The van der Waals surface area contributed by atoms with Gasteiger partial charge in [-0.2, -0.15) is 5.10 Å². The number of nitrogens with one attached hydrogen (secondary N) is 1. The molecule has 0 aliphatic rings. The zero-order valence-electron chi connectivity index (χ0n) is 16.3. The van der Waals surface area contributed by atoms with E-state index in [4.69, 9.17) is 9.84 Å². The van der Waals surface area contributed by atoms with E-state index in [2.05, 4.69) is 27.5 Å². The van der Waals surface area contributed by atoms with Crippen molar-refractivity contribution in [3.05, 3.63) is 90.6 Å². The van der Waals surface area contributed by atoms with Crippen LogP contribution in [0.1, 0.15) is 11.3 Å². The third kappa shape index (κ3) is 4.67. The monoisotopic (exact) mass is 385 g/mol. The van der Waals surface area contributed by atoms with Crippen LogP contribution in [0.3, 0.4) is 0 Å². The molecule has 0 unspecified atom stereocenters. The average Bonchev–Trinajstić information content (AvgIpc) is 3.22. The molecule has 29 heavy (non-hydrogen) atoms. The number of rotatable bonds is 8. The molecule has 1 N–H and O–H groups in total. The highest BCUT2D eigenvalue weighted by atomic mass is 16.5. The number of benzene rings is 2. The summed E-state index contributed by atoms with van der Waals surface area (Å²) in [7, 11) is 1.68. The molecule has 0 bridgehead atoms. The smallest absolute Gasteiger partial charge is 0.119 e. The Kier molecular flexibility index (Phi) is 5.92. The second-order valence-electron chi connectivity index (χ2n) is 6.64. The highest BCUT2D eigenvalue weighted by Crippen LogP contribution is 2.26. The second-order valence-corrected chi connectivity index (χ2v) is 6.64. The van der Waals surface area contributed by atoms with Crippen LogP contribution in [-0.2, 0) is 13.0 Å². The molecule has 0 saturated carbocycles.